The van der Waals surface area contributed by atoms with Crippen molar-refractivity contribution in [3.8, 4) is 12.3 Å². The molecule has 2 aliphatic rings. The third-order valence-electron chi connectivity index (χ3n) is 2.34. The van der Waals surface area contributed by atoms with Gasteiger partial charge in [0.25, 0.3) is 0 Å². The fourth-order valence-corrected chi connectivity index (χ4v) is 1.59. The molecule has 2 heterocycles. The lowest BCUT2D eigenvalue weighted by Crippen LogP contribution is -2.17. The maximum atomic E-state index is 5.48. The summed E-state index contributed by atoms with van der Waals surface area (Å²) in [6, 6.07) is 0. The maximum absolute atomic E-state index is 5.48. The highest BCUT2D eigenvalue weighted by Crippen LogP contribution is 2.23. The molecule has 2 heteroatoms. The molecule has 0 fully saturated rings. The van der Waals surface area contributed by atoms with Gasteiger partial charge in [-0.2, -0.15) is 0 Å². The maximum Gasteiger partial charge on any atom is 0.0925 e. The van der Waals surface area contributed by atoms with Gasteiger partial charge >= 0.3 is 0 Å². The zero-order valence-electron chi connectivity index (χ0n) is 8.14. The second-order valence-electron chi connectivity index (χ2n) is 3.48. The Morgan fingerprint density at radius 2 is 2.50 bits per heavy atom. The SMILES string of the molecule is C#CC1=CC(C)CC=C2C=NC=CN12. The van der Waals surface area contributed by atoms with E-state index in [1.807, 2.05) is 17.3 Å². The van der Waals surface area contributed by atoms with Crippen molar-refractivity contribution in [2.75, 3.05) is 0 Å². The molecule has 2 nitrogen and oxygen atoms in total. The normalized spacial score (nSPS) is 24.6. The quantitative estimate of drug-likeness (QED) is 0.527. The van der Waals surface area contributed by atoms with Gasteiger partial charge in [-0.25, -0.2) is 0 Å². The summed E-state index contributed by atoms with van der Waals surface area (Å²) in [7, 11) is 0. The van der Waals surface area contributed by atoms with Gasteiger partial charge in [0.15, 0.2) is 0 Å². The fourth-order valence-electron chi connectivity index (χ4n) is 1.59. The Kier molecular flexibility index (Phi) is 2.24. The summed E-state index contributed by atoms with van der Waals surface area (Å²) >= 11 is 0. The van der Waals surface area contributed by atoms with Gasteiger partial charge in [0.2, 0.25) is 0 Å². The molecule has 0 aliphatic carbocycles. The van der Waals surface area contributed by atoms with Crippen LogP contribution >= 0.6 is 0 Å². The van der Waals surface area contributed by atoms with Crippen LogP contribution < -0.4 is 0 Å². The van der Waals surface area contributed by atoms with E-state index in [1.165, 1.54) is 0 Å². The third kappa shape index (κ3) is 1.49. The Hall–Kier alpha value is -1.75. The van der Waals surface area contributed by atoms with Crippen LogP contribution in [0.5, 0.6) is 0 Å². The number of hydrogen-bond donors (Lipinski definition) is 0. The number of hydrogen-bond acceptors (Lipinski definition) is 2. The van der Waals surface area contributed by atoms with Crippen LogP contribution in [0.2, 0.25) is 0 Å². The minimum Gasteiger partial charge on any atom is -0.307 e. The van der Waals surface area contributed by atoms with Crippen LogP contribution in [0.15, 0.2) is 40.9 Å². The largest absolute Gasteiger partial charge is 0.307 e. The molecular weight excluding hydrogens is 172 g/mol. The van der Waals surface area contributed by atoms with Gasteiger partial charge in [0.1, 0.15) is 0 Å². The number of rotatable bonds is 0. The van der Waals surface area contributed by atoms with Gasteiger partial charge < -0.3 is 4.90 Å². The van der Waals surface area contributed by atoms with Gasteiger partial charge in [-0.05, 0) is 18.4 Å². The fraction of sp³-hybridized carbons (Fsp3) is 0.250. The molecular formula is C12H12N2. The molecule has 0 aromatic heterocycles. The lowest BCUT2D eigenvalue weighted by atomic mass is 10.1. The average Bonchev–Trinajstić information content (AvgIpc) is 2.38. The van der Waals surface area contributed by atoms with Crippen LogP contribution in [0.4, 0.5) is 0 Å². The Morgan fingerprint density at radius 3 is 3.29 bits per heavy atom. The van der Waals surface area contributed by atoms with Crippen molar-refractivity contribution >= 4 is 6.21 Å². The summed E-state index contributed by atoms with van der Waals surface area (Å²) in [6.07, 6.45) is 16.3. The number of aliphatic imine (C=N–C) groups is 1. The summed E-state index contributed by atoms with van der Waals surface area (Å²) in [5.74, 6) is 3.19. The Bertz CT molecular complexity index is 391. The van der Waals surface area contributed by atoms with Crippen LogP contribution in [0.3, 0.4) is 0 Å². The van der Waals surface area contributed by atoms with E-state index in [9.17, 15) is 0 Å². The molecule has 0 amide bonds. The van der Waals surface area contributed by atoms with Crippen molar-refractivity contribution in [2.45, 2.75) is 13.3 Å². The Balaban J connectivity index is 2.43. The summed E-state index contributed by atoms with van der Waals surface area (Å²) < 4.78 is 0. The topological polar surface area (TPSA) is 15.6 Å². The first-order valence-electron chi connectivity index (χ1n) is 4.69. The third-order valence-corrected chi connectivity index (χ3v) is 2.34. The molecule has 0 N–H and O–H groups in total. The van der Waals surface area contributed by atoms with Gasteiger partial charge in [0.05, 0.1) is 17.6 Å². The molecule has 2 aliphatic heterocycles. The highest BCUT2D eigenvalue weighted by Gasteiger charge is 2.15. The van der Waals surface area contributed by atoms with Gasteiger partial charge in [-0.15, -0.1) is 6.42 Å². The van der Waals surface area contributed by atoms with Crippen molar-refractivity contribution in [1.29, 1.82) is 0 Å². The van der Waals surface area contributed by atoms with Crippen molar-refractivity contribution < 1.29 is 0 Å². The molecule has 2 rings (SSSR count). The molecule has 0 aromatic rings. The average molecular weight is 184 g/mol. The molecule has 1 atom stereocenters. The van der Waals surface area contributed by atoms with E-state index in [0.29, 0.717) is 5.92 Å². The highest BCUT2D eigenvalue weighted by atomic mass is 15.2. The molecule has 0 saturated carbocycles. The van der Waals surface area contributed by atoms with Crippen LogP contribution in [0, 0.1) is 18.3 Å². The van der Waals surface area contributed by atoms with E-state index >= 15 is 0 Å². The van der Waals surface area contributed by atoms with Crippen molar-refractivity contribution in [1.82, 2.24) is 4.90 Å². The Morgan fingerprint density at radius 1 is 1.64 bits per heavy atom. The molecule has 0 aromatic carbocycles. The van der Waals surface area contributed by atoms with Crippen molar-refractivity contribution in [3.05, 3.63) is 35.9 Å². The summed E-state index contributed by atoms with van der Waals surface area (Å²) in [5.41, 5.74) is 1.98. The number of allylic oxidation sites excluding steroid dienone is 4. The Labute approximate surface area is 84.3 Å². The molecule has 0 spiro atoms. The highest BCUT2D eigenvalue weighted by molar-refractivity contribution is 5.80. The lowest BCUT2D eigenvalue weighted by molar-refractivity contribution is 0.624. The van der Waals surface area contributed by atoms with Gasteiger partial charge in [0, 0.05) is 12.4 Å². The lowest BCUT2D eigenvalue weighted by Gasteiger charge is -2.21. The zero-order valence-corrected chi connectivity index (χ0v) is 8.14. The molecule has 0 bridgehead atoms. The van der Waals surface area contributed by atoms with Crippen LogP contribution in [-0.4, -0.2) is 11.1 Å². The van der Waals surface area contributed by atoms with E-state index < -0.39 is 0 Å². The van der Waals surface area contributed by atoms with E-state index in [-0.39, 0.29) is 0 Å². The minimum absolute atomic E-state index is 0.487. The second-order valence-corrected chi connectivity index (χ2v) is 3.48. The first-order valence-corrected chi connectivity index (χ1v) is 4.69. The van der Waals surface area contributed by atoms with E-state index in [1.54, 1.807) is 6.20 Å². The molecule has 0 saturated heterocycles. The van der Waals surface area contributed by atoms with Crippen LogP contribution in [-0.2, 0) is 0 Å². The van der Waals surface area contributed by atoms with Crippen molar-refractivity contribution in [3.63, 3.8) is 0 Å². The monoisotopic (exact) mass is 184 g/mol. The first-order chi connectivity index (χ1) is 6.81. The summed E-state index contributed by atoms with van der Waals surface area (Å²) in [4.78, 5) is 6.08. The number of terminal acetylenes is 1. The molecule has 14 heavy (non-hydrogen) atoms. The smallest absolute Gasteiger partial charge is 0.0925 e. The van der Waals surface area contributed by atoms with E-state index in [4.69, 9.17) is 6.42 Å². The summed E-state index contributed by atoms with van der Waals surface area (Å²) in [5, 5.41) is 0. The van der Waals surface area contributed by atoms with E-state index in [0.717, 1.165) is 17.8 Å². The molecule has 70 valence electrons. The first kappa shape index (κ1) is 8.83. The standard InChI is InChI=1S/C12H12N2/c1-3-11-8-10(2)4-5-12-9-13-6-7-14(11)12/h1,5-10H,4H2,2H3. The van der Waals surface area contributed by atoms with Gasteiger partial charge in [-0.1, -0.05) is 18.9 Å². The molecule has 1 unspecified atom stereocenters. The van der Waals surface area contributed by atoms with Crippen LogP contribution in [0.1, 0.15) is 13.3 Å². The predicted octanol–water partition coefficient (Wildman–Crippen LogP) is 2.28. The van der Waals surface area contributed by atoms with Gasteiger partial charge in [-0.3, -0.25) is 4.99 Å². The zero-order chi connectivity index (χ0) is 9.97. The number of fused-ring (bicyclic) bond motifs is 1. The van der Waals surface area contributed by atoms with Crippen molar-refractivity contribution in [2.24, 2.45) is 10.9 Å². The predicted molar refractivity (Wildman–Crippen MR) is 58.3 cm³/mol. The summed E-state index contributed by atoms with van der Waals surface area (Å²) in [6.45, 7) is 2.16. The minimum atomic E-state index is 0.487. The van der Waals surface area contributed by atoms with Crippen LogP contribution in [0.25, 0.3) is 0 Å². The molecule has 0 radical (unpaired) electrons. The number of nitrogens with zero attached hydrogens (tertiary/aromatic N) is 2. The van der Waals surface area contributed by atoms with E-state index in [2.05, 4.69) is 30.0 Å². The second kappa shape index (κ2) is 3.55.